The molecule has 1 heterocycles. The van der Waals surface area contributed by atoms with Crippen LogP contribution in [0.4, 0.5) is 0 Å². The van der Waals surface area contributed by atoms with E-state index in [-0.39, 0.29) is 5.75 Å². The molecule has 0 unspecified atom stereocenters. The molecule has 0 aliphatic carbocycles. The average Bonchev–Trinajstić information content (AvgIpc) is 2.59. The molecule has 78 valence electrons. The highest BCUT2D eigenvalue weighted by atomic mass is 16.5. The van der Waals surface area contributed by atoms with Crippen LogP contribution in [-0.2, 0) is 7.05 Å². The molecular formula is C11H12N2O2. The van der Waals surface area contributed by atoms with Crippen LogP contribution in [0.25, 0.3) is 11.3 Å². The number of ether oxygens (including phenoxy) is 1. The third-order valence-corrected chi connectivity index (χ3v) is 2.26. The van der Waals surface area contributed by atoms with Gasteiger partial charge < -0.3 is 9.84 Å². The van der Waals surface area contributed by atoms with Crippen molar-refractivity contribution in [2.45, 2.75) is 0 Å². The molecule has 1 aromatic carbocycles. The first-order valence-electron chi connectivity index (χ1n) is 4.58. The maximum atomic E-state index is 9.62. The topological polar surface area (TPSA) is 47.3 Å². The van der Waals surface area contributed by atoms with Crippen molar-refractivity contribution in [3.63, 3.8) is 0 Å². The summed E-state index contributed by atoms with van der Waals surface area (Å²) in [5.41, 5.74) is 1.57. The number of hydrogen-bond acceptors (Lipinski definition) is 3. The van der Waals surface area contributed by atoms with Gasteiger partial charge in [0.1, 0.15) is 11.4 Å². The van der Waals surface area contributed by atoms with Crippen molar-refractivity contribution in [3.8, 4) is 22.8 Å². The Morgan fingerprint density at radius 2 is 2.20 bits per heavy atom. The summed E-state index contributed by atoms with van der Waals surface area (Å²) in [6, 6.07) is 7.49. The first-order valence-corrected chi connectivity index (χ1v) is 4.58. The lowest BCUT2D eigenvalue weighted by atomic mass is 10.1. The summed E-state index contributed by atoms with van der Waals surface area (Å²) in [5.74, 6) is 0.929. The first-order chi connectivity index (χ1) is 7.22. The van der Waals surface area contributed by atoms with Gasteiger partial charge in [0.25, 0.3) is 0 Å². The number of methoxy groups -OCH3 is 1. The predicted molar refractivity (Wildman–Crippen MR) is 56.9 cm³/mol. The van der Waals surface area contributed by atoms with Gasteiger partial charge in [-0.15, -0.1) is 0 Å². The van der Waals surface area contributed by atoms with Gasteiger partial charge in [0.2, 0.25) is 0 Å². The normalized spacial score (nSPS) is 10.3. The quantitative estimate of drug-likeness (QED) is 0.811. The van der Waals surface area contributed by atoms with Gasteiger partial charge in [-0.05, 0) is 12.1 Å². The summed E-state index contributed by atoms with van der Waals surface area (Å²) in [4.78, 5) is 0. The molecule has 1 aromatic heterocycles. The van der Waals surface area contributed by atoms with Crippen LogP contribution in [0.5, 0.6) is 11.5 Å². The van der Waals surface area contributed by atoms with E-state index in [4.69, 9.17) is 4.74 Å². The van der Waals surface area contributed by atoms with E-state index in [2.05, 4.69) is 5.10 Å². The monoisotopic (exact) mass is 204 g/mol. The van der Waals surface area contributed by atoms with Gasteiger partial charge in [-0.25, -0.2) is 0 Å². The highest BCUT2D eigenvalue weighted by Gasteiger charge is 2.09. The predicted octanol–water partition coefficient (Wildman–Crippen LogP) is 1.80. The van der Waals surface area contributed by atoms with E-state index in [9.17, 15) is 5.11 Å². The van der Waals surface area contributed by atoms with Crippen LogP contribution in [0.2, 0.25) is 0 Å². The minimum Gasteiger partial charge on any atom is -0.504 e. The molecule has 4 heteroatoms. The van der Waals surface area contributed by atoms with E-state index in [0.29, 0.717) is 5.69 Å². The van der Waals surface area contributed by atoms with E-state index >= 15 is 0 Å². The lowest BCUT2D eigenvalue weighted by Gasteiger charge is -2.05. The molecule has 0 saturated heterocycles. The Morgan fingerprint density at radius 1 is 1.40 bits per heavy atom. The van der Waals surface area contributed by atoms with E-state index < -0.39 is 0 Å². The van der Waals surface area contributed by atoms with Gasteiger partial charge >= 0.3 is 0 Å². The lowest BCUT2D eigenvalue weighted by molar-refractivity contribution is 0.415. The summed E-state index contributed by atoms with van der Waals surface area (Å²) < 4.78 is 6.75. The van der Waals surface area contributed by atoms with Crippen molar-refractivity contribution in [1.82, 2.24) is 9.78 Å². The van der Waals surface area contributed by atoms with Crippen molar-refractivity contribution >= 4 is 0 Å². The van der Waals surface area contributed by atoms with Crippen LogP contribution in [0.1, 0.15) is 0 Å². The van der Waals surface area contributed by atoms with E-state index in [0.717, 1.165) is 11.3 Å². The van der Waals surface area contributed by atoms with Crippen LogP contribution in [-0.4, -0.2) is 22.0 Å². The molecule has 0 radical (unpaired) electrons. The van der Waals surface area contributed by atoms with Crippen molar-refractivity contribution in [1.29, 1.82) is 0 Å². The second-order valence-electron chi connectivity index (χ2n) is 3.23. The summed E-state index contributed by atoms with van der Waals surface area (Å²) in [6.07, 6.45) is 1.43. The number of nitrogens with zero attached hydrogens (tertiary/aromatic N) is 2. The van der Waals surface area contributed by atoms with E-state index in [1.807, 2.05) is 24.3 Å². The molecule has 0 spiro atoms. The number of aromatic hydroxyl groups is 1. The zero-order chi connectivity index (χ0) is 10.8. The fraction of sp³-hybridized carbons (Fsp3) is 0.182. The first kappa shape index (κ1) is 9.58. The van der Waals surface area contributed by atoms with Gasteiger partial charge in [0.15, 0.2) is 5.75 Å². The summed E-state index contributed by atoms with van der Waals surface area (Å²) >= 11 is 0. The molecule has 1 N–H and O–H groups in total. The number of rotatable bonds is 2. The maximum absolute atomic E-state index is 9.62. The second kappa shape index (κ2) is 3.65. The molecular weight excluding hydrogens is 192 g/mol. The fourth-order valence-corrected chi connectivity index (χ4v) is 1.53. The van der Waals surface area contributed by atoms with Crippen molar-refractivity contribution in [2.24, 2.45) is 7.05 Å². The Hall–Kier alpha value is -1.97. The maximum Gasteiger partial charge on any atom is 0.161 e. The molecule has 2 aromatic rings. The summed E-state index contributed by atoms with van der Waals surface area (Å²) in [5, 5.41) is 13.6. The Morgan fingerprint density at radius 3 is 2.80 bits per heavy atom. The second-order valence-corrected chi connectivity index (χ2v) is 3.23. The molecule has 0 saturated carbocycles. The van der Waals surface area contributed by atoms with Gasteiger partial charge in [-0.3, -0.25) is 4.68 Å². The minimum absolute atomic E-state index is 0.172. The van der Waals surface area contributed by atoms with Crippen molar-refractivity contribution in [3.05, 3.63) is 30.5 Å². The molecule has 0 aliphatic rings. The number of hydrogen-bond donors (Lipinski definition) is 1. The highest BCUT2D eigenvalue weighted by Crippen LogP contribution is 2.30. The molecule has 2 rings (SSSR count). The SMILES string of the molecule is COc1cccc(-c2c(O)cnn2C)c1. The third-order valence-electron chi connectivity index (χ3n) is 2.26. The number of benzene rings is 1. The number of aromatic nitrogens is 2. The molecule has 0 bridgehead atoms. The lowest BCUT2D eigenvalue weighted by Crippen LogP contribution is -1.93. The van der Waals surface area contributed by atoms with Gasteiger partial charge in [0.05, 0.1) is 13.3 Å². The van der Waals surface area contributed by atoms with Crippen LogP contribution < -0.4 is 4.74 Å². The molecule has 0 fully saturated rings. The molecule has 15 heavy (non-hydrogen) atoms. The molecule has 4 nitrogen and oxygen atoms in total. The average molecular weight is 204 g/mol. The summed E-state index contributed by atoms with van der Waals surface area (Å²) in [7, 11) is 3.40. The van der Waals surface area contributed by atoms with Crippen LogP contribution in [0.15, 0.2) is 30.5 Å². The Balaban J connectivity index is 2.53. The Labute approximate surface area is 87.7 Å². The standard InChI is InChI=1S/C11H12N2O2/c1-13-11(10(14)7-12-13)8-4-3-5-9(6-8)15-2/h3-7,14H,1-2H3. The van der Waals surface area contributed by atoms with Gasteiger partial charge in [-0.1, -0.05) is 12.1 Å². The molecule has 0 amide bonds. The van der Waals surface area contributed by atoms with Crippen LogP contribution in [0.3, 0.4) is 0 Å². The molecule has 0 atom stereocenters. The van der Waals surface area contributed by atoms with Crippen LogP contribution >= 0.6 is 0 Å². The van der Waals surface area contributed by atoms with E-state index in [1.165, 1.54) is 6.20 Å². The van der Waals surface area contributed by atoms with Crippen LogP contribution in [0, 0.1) is 0 Å². The molecule has 0 aliphatic heterocycles. The largest absolute Gasteiger partial charge is 0.504 e. The smallest absolute Gasteiger partial charge is 0.161 e. The summed E-state index contributed by atoms with van der Waals surface area (Å²) in [6.45, 7) is 0. The van der Waals surface area contributed by atoms with E-state index in [1.54, 1.807) is 18.8 Å². The van der Waals surface area contributed by atoms with Crippen molar-refractivity contribution < 1.29 is 9.84 Å². The zero-order valence-electron chi connectivity index (χ0n) is 8.64. The zero-order valence-corrected chi connectivity index (χ0v) is 8.64. The minimum atomic E-state index is 0.172. The fourth-order valence-electron chi connectivity index (χ4n) is 1.53. The highest BCUT2D eigenvalue weighted by molar-refractivity contribution is 5.67. The Bertz CT molecular complexity index is 458. The van der Waals surface area contributed by atoms with Gasteiger partial charge in [-0.2, -0.15) is 5.10 Å². The Kier molecular flexibility index (Phi) is 2.33. The number of aryl methyl sites for hydroxylation is 1. The third kappa shape index (κ3) is 1.66. The van der Waals surface area contributed by atoms with Crippen molar-refractivity contribution in [2.75, 3.05) is 7.11 Å². The van der Waals surface area contributed by atoms with Gasteiger partial charge in [0, 0.05) is 12.6 Å².